The molecule has 0 amide bonds. The van der Waals surface area contributed by atoms with Crippen LogP contribution < -0.4 is 0 Å². The van der Waals surface area contributed by atoms with Crippen molar-refractivity contribution >= 4 is 16.0 Å². The van der Waals surface area contributed by atoms with Gasteiger partial charge in [0, 0.05) is 6.54 Å². The molecule has 5 nitrogen and oxygen atoms in total. The molecule has 0 aromatic carbocycles. The van der Waals surface area contributed by atoms with Gasteiger partial charge in [-0.25, -0.2) is 8.42 Å². The first-order valence-electron chi connectivity index (χ1n) is 6.66. The maximum absolute atomic E-state index is 12.0. The number of nitrogens with zero attached hydrogens (tertiary/aromatic N) is 1. The van der Waals surface area contributed by atoms with E-state index in [2.05, 4.69) is 6.92 Å². The normalized spacial score (nSPS) is 36.6. The minimum atomic E-state index is -3.36. The summed E-state index contributed by atoms with van der Waals surface area (Å²) < 4.78 is 25.2. The van der Waals surface area contributed by atoms with Gasteiger partial charge >= 0.3 is 5.97 Å². The molecule has 2 aliphatic rings. The summed E-state index contributed by atoms with van der Waals surface area (Å²) in [5.41, 5.74) is -1.17. The van der Waals surface area contributed by atoms with Crippen LogP contribution in [0.15, 0.2) is 0 Å². The molecular weight excluding hydrogens is 254 g/mol. The third-order valence-electron chi connectivity index (χ3n) is 4.48. The molecule has 0 bridgehead atoms. The van der Waals surface area contributed by atoms with Crippen molar-refractivity contribution in [3.8, 4) is 0 Å². The molecule has 0 atom stereocenters. The zero-order valence-corrected chi connectivity index (χ0v) is 11.6. The van der Waals surface area contributed by atoms with Crippen LogP contribution in [0.1, 0.15) is 45.4 Å². The molecule has 104 valence electrons. The number of hydrogen-bond donors (Lipinski definition) is 1. The lowest BCUT2D eigenvalue weighted by atomic mass is 9.75. The third kappa shape index (κ3) is 2.16. The molecule has 2 rings (SSSR count). The Kier molecular flexibility index (Phi) is 3.69. The Morgan fingerprint density at radius 2 is 2.00 bits per heavy atom. The summed E-state index contributed by atoms with van der Waals surface area (Å²) in [4.78, 5) is 11.6. The molecule has 0 spiro atoms. The molecule has 1 aliphatic carbocycles. The van der Waals surface area contributed by atoms with Crippen molar-refractivity contribution in [1.82, 2.24) is 4.31 Å². The Bertz CT molecular complexity index is 423. The van der Waals surface area contributed by atoms with Crippen LogP contribution in [0.4, 0.5) is 0 Å². The lowest BCUT2D eigenvalue weighted by molar-refractivity contribution is -0.150. The summed E-state index contributed by atoms with van der Waals surface area (Å²) in [5, 5.41) is 9.53. The van der Waals surface area contributed by atoms with E-state index in [4.69, 9.17) is 0 Å². The monoisotopic (exact) mass is 275 g/mol. The molecule has 0 unspecified atom stereocenters. The van der Waals surface area contributed by atoms with Crippen LogP contribution in [-0.4, -0.2) is 41.6 Å². The summed E-state index contributed by atoms with van der Waals surface area (Å²) >= 11 is 0. The van der Waals surface area contributed by atoms with Gasteiger partial charge in [0.05, 0.1) is 5.75 Å². The smallest absolute Gasteiger partial charge is 0.325 e. The minimum absolute atomic E-state index is 0.0965. The molecular formula is C12H21NO4S. The number of carbonyl (C=O) groups is 1. The Morgan fingerprint density at radius 3 is 2.39 bits per heavy atom. The van der Waals surface area contributed by atoms with Gasteiger partial charge in [0.25, 0.3) is 0 Å². The van der Waals surface area contributed by atoms with Gasteiger partial charge in [-0.15, -0.1) is 0 Å². The van der Waals surface area contributed by atoms with Crippen molar-refractivity contribution in [2.75, 3.05) is 12.3 Å². The van der Waals surface area contributed by atoms with Gasteiger partial charge in [-0.1, -0.05) is 13.3 Å². The van der Waals surface area contributed by atoms with Crippen LogP contribution in [0.3, 0.4) is 0 Å². The van der Waals surface area contributed by atoms with E-state index < -0.39 is 21.5 Å². The van der Waals surface area contributed by atoms with Gasteiger partial charge in [0.15, 0.2) is 0 Å². The predicted molar refractivity (Wildman–Crippen MR) is 67.7 cm³/mol. The second-order valence-electron chi connectivity index (χ2n) is 5.43. The Hall–Kier alpha value is -0.620. The standard InChI is InChI=1S/C12H21NO4S/c1-2-10-4-6-12(7-5-10,11(14)15)13-8-3-9-18(13,16)17/h10H,2-9H2,1H3,(H,14,15). The average molecular weight is 275 g/mol. The average Bonchev–Trinajstić information content (AvgIpc) is 2.69. The molecule has 1 saturated carbocycles. The molecule has 6 heteroatoms. The van der Waals surface area contributed by atoms with Crippen molar-refractivity contribution in [2.24, 2.45) is 5.92 Å². The van der Waals surface area contributed by atoms with E-state index in [-0.39, 0.29) is 5.75 Å². The van der Waals surface area contributed by atoms with Crippen LogP contribution in [0.5, 0.6) is 0 Å². The van der Waals surface area contributed by atoms with Crippen molar-refractivity contribution in [3.05, 3.63) is 0 Å². The highest BCUT2D eigenvalue weighted by molar-refractivity contribution is 7.89. The molecule has 1 heterocycles. The van der Waals surface area contributed by atoms with Crippen LogP contribution in [0, 0.1) is 5.92 Å². The summed E-state index contributed by atoms with van der Waals surface area (Å²) in [6.45, 7) is 2.47. The molecule has 18 heavy (non-hydrogen) atoms. The van der Waals surface area contributed by atoms with E-state index in [1.165, 1.54) is 4.31 Å². The number of hydrogen-bond acceptors (Lipinski definition) is 3. The molecule has 1 saturated heterocycles. The van der Waals surface area contributed by atoms with Crippen LogP contribution >= 0.6 is 0 Å². The topological polar surface area (TPSA) is 74.7 Å². The molecule has 0 aromatic rings. The van der Waals surface area contributed by atoms with Crippen LogP contribution in [0.2, 0.25) is 0 Å². The first-order valence-corrected chi connectivity index (χ1v) is 8.27. The maximum Gasteiger partial charge on any atom is 0.325 e. The Balaban J connectivity index is 2.27. The van der Waals surface area contributed by atoms with E-state index in [9.17, 15) is 18.3 Å². The number of carboxylic acid groups (broad SMARTS) is 1. The predicted octanol–water partition coefficient (Wildman–Crippen LogP) is 1.45. The first kappa shape index (κ1) is 13.8. The third-order valence-corrected chi connectivity index (χ3v) is 6.49. The number of carboxylic acids is 1. The van der Waals surface area contributed by atoms with Crippen molar-refractivity contribution in [3.63, 3.8) is 0 Å². The van der Waals surface area contributed by atoms with Crippen LogP contribution in [0.25, 0.3) is 0 Å². The van der Waals surface area contributed by atoms with Gasteiger partial charge in [-0.05, 0) is 38.0 Å². The van der Waals surface area contributed by atoms with E-state index in [1.807, 2.05) is 0 Å². The summed E-state index contributed by atoms with van der Waals surface area (Å²) in [7, 11) is -3.36. The summed E-state index contributed by atoms with van der Waals surface area (Å²) in [5.74, 6) is -0.329. The van der Waals surface area contributed by atoms with E-state index in [0.29, 0.717) is 31.7 Å². The quantitative estimate of drug-likeness (QED) is 0.846. The van der Waals surface area contributed by atoms with E-state index in [0.717, 1.165) is 19.3 Å². The van der Waals surface area contributed by atoms with E-state index in [1.54, 1.807) is 0 Å². The Morgan fingerprint density at radius 1 is 1.39 bits per heavy atom. The molecule has 1 aliphatic heterocycles. The van der Waals surface area contributed by atoms with Crippen molar-refractivity contribution in [2.45, 2.75) is 51.0 Å². The largest absolute Gasteiger partial charge is 0.480 e. The van der Waals surface area contributed by atoms with Gasteiger partial charge in [0.1, 0.15) is 5.54 Å². The fraction of sp³-hybridized carbons (Fsp3) is 0.917. The van der Waals surface area contributed by atoms with Gasteiger partial charge in [-0.2, -0.15) is 4.31 Å². The lowest BCUT2D eigenvalue weighted by Gasteiger charge is -2.41. The highest BCUT2D eigenvalue weighted by Gasteiger charge is 2.52. The SMILES string of the molecule is CCC1CCC(C(=O)O)(N2CCCS2(=O)=O)CC1. The van der Waals surface area contributed by atoms with Crippen molar-refractivity contribution < 1.29 is 18.3 Å². The molecule has 1 N–H and O–H groups in total. The van der Waals surface area contributed by atoms with Gasteiger partial charge in [0.2, 0.25) is 10.0 Å². The number of rotatable bonds is 3. The highest BCUT2D eigenvalue weighted by atomic mass is 32.2. The zero-order chi connectivity index (χ0) is 13.4. The lowest BCUT2D eigenvalue weighted by Crippen LogP contribution is -2.57. The van der Waals surface area contributed by atoms with Gasteiger partial charge < -0.3 is 5.11 Å². The second-order valence-corrected chi connectivity index (χ2v) is 7.44. The second kappa shape index (κ2) is 4.81. The van der Waals surface area contributed by atoms with Crippen LogP contribution in [-0.2, 0) is 14.8 Å². The fourth-order valence-corrected chi connectivity index (χ4v) is 5.17. The molecule has 0 aromatic heterocycles. The maximum atomic E-state index is 12.0. The molecule has 2 fully saturated rings. The zero-order valence-electron chi connectivity index (χ0n) is 10.8. The molecule has 0 radical (unpaired) electrons. The minimum Gasteiger partial charge on any atom is -0.480 e. The summed E-state index contributed by atoms with van der Waals surface area (Å²) in [6, 6.07) is 0. The Labute approximate surface area is 108 Å². The number of sulfonamides is 1. The van der Waals surface area contributed by atoms with Gasteiger partial charge in [-0.3, -0.25) is 4.79 Å². The van der Waals surface area contributed by atoms with E-state index >= 15 is 0 Å². The fourth-order valence-electron chi connectivity index (χ4n) is 3.25. The summed E-state index contributed by atoms with van der Waals surface area (Å²) in [6.07, 6.45) is 4.14. The first-order chi connectivity index (χ1) is 8.42. The number of aliphatic carboxylic acids is 1. The van der Waals surface area contributed by atoms with Crippen molar-refractivity contribution in [1.29, 1.82) is 0 Å². The highest BCUT2D eigenvalue weighted by Crippen LogP contribution is 2.41.